The molecule has 2 bridgehead atoms. The van der Waals surface area contributed by atoms with E-state index in [9.17, 15) is 0 Å². The van der Waals surface area contributed by atoms with Gasteiger partial charge in [-0.1, -0.05) is 24.3 Å². The second-order valence-electron chi connectivity index (χ2n) is 5.24. The van der Waals surface area contributed by atoms with Crippen LogP contribution in [0.15, 0.2) is 24.3 Å². The number of benzene rings is 1. The Morgan fingerprint density at radius 2 is 2.13 bits per heavy atom. The fourth-order valence-corrected chi connectivity index (χ4v) is 4.03. The van der Waals surface area contributed by atoms with Crippen LogP contribution in [-0.2, 0) is 5.41 Å². The summed E-state index contributed by atoms with van der Waals surface area (Å²) in [6.45, 7) is 2.25. The van der Waals surface area contributed by atoms with Gasteiger partial charge in [0.15, 0.2) is 0 Å². The minimum atomic E-state index is 0.477. The van der Waals surface area contributed by atoms with Gasteiger partial charge in [-0.05, 0) is 50.3 Å². The smallest absolute Gasteiger partial charge is 0.0190 e. The van der Waals surface area contributed by atoms with Gasteiger partial charge < -0.3 is 5.32 Å². The van der Waals surface area contributed by atoms with Gasteiger partial charge in [0.05, 0.1) is 0 Å². The normalized spacial score (nSPS) is 37.7. The first kappa shape index (κ1) is 9.41. The van der Waals surface area contributed by atoms with E-state index < -0.39 is 0 Å². The molecule has 1 N–H and O–H groups in total. The summed E-state index contributed by atoms with van der Waals surface area (Å²) in [6, 6.07) is 9.66. The zero-order valence-corrected chi connectivity index (χ0v) is 9.59. The predicted octanol–water partition coefficient (Wildman–Crippen LogP) is 2.63. The second kappa shape index (κ2) is 3.08. The molecular weight excluding hydrogens is 182 g/mol. The van der Waals surface area contributed by atoms with Crippen LogP contribution in [-0.4, -0.2) is 13.1 Å². The fourth-order valence-electron chi connectivity index (χ4n) is 4.03. The minimum Gasteiger partial charge on any atom is -0.316 e. The summed E-state index contributed by atoms with van der Waals surface area (Å²) in [5, 5.41) is 3.53. The first-order chi connectivity index (χ1) is 7.28. The molecule has 0 heterocycles. The first-order valence-corrected chi connectivity index (χ1v) is 6.01. The number of hydrogen-bond acceptors (Lipinski definition) is 1. The summed E-state index contributed by atoms with van der Waals surface area (Å²) in [7, 11) is 2.12. The largest absolute Gasteiger partial charge is 0.316 e. The number of rotatable bonds is 2. The minimum absolute atomic E-state index is 0.477. The lowest BCUT2D eigenvalue weighted by atomic mass is 9.60. The number of likely N-dealkylation sites (N-methyl/N-ethyl adjacent to an activating group) is 1. The van der Waals surface area contributed by atoms with Crippen LogP contribution in [0, 0.1) is 12.8 Å². The molecular formula is C14H19N. The molecule has 1 nitrogen and oxygen atoms in total. The van der Waals surface area contributed by atoms with Gasteiger partial charge in [-0.15, -0.1) is 0 Å². The van der Waals surface area contributed by atoms with Gasteiger partial charge in [0.25, 0.3) is 0 Å². The first-order valence-electron chi connectivity index (χ1n) is 6.01. The van der Waals surface area contributed by atoms with Gasteiger partial charge in [-0.3, -0.25) is 0 Å². The highest BCUT2D eigenvalue weighted by Gasteiger charge is 2.59. The Morgan fingerprint density at radius 1 is 1.33 bits per heavy atom. The number of aryl methyl sites for hydroxylation is 1. The van der Waals surface area contributed by atoms with Crippen LogP contribution >= 0.6 is 0 Å². The van der Waals surface area contributed by atoms with Crippen LogP contribution in [0.3, 0.4) is 0 Å². The molecule has 0 aliphatic heterocycles. The van der Waals surface area contributed by atoms with Crippen molar-refractivity contribution < 1.29 is 0 Å². The van der Waals surface area contributed by atoms with Crippen molar-refractivity contribution in [2.75, 3.05) is 7.05 Å². The molecule has 3 fully saturated rings. The molecule has 0 spiro atoms. The highest BCUT2D eigenvalue weighted by atomic mass is 15.0. The average molecular weight is 201 g/mol. The lowest BCUT2D eigenvalue weighted by Crippen LogP contribution is -2.56. The number of fused-ring (bicyclic) bond motifs is 1. The molecule has 80 valence electrons. The summed E-state index contributed by atoms with van der Waals surface area (Å²) in [5.41, 5.74) is 3.54. The van der Waals surface area contributed by atoms with E-state index in [1.165, 1.54) is 24.8 Å². The Bertz CT molecular complexity index is 381. The Hall–Kier alpha value is -0.820. The average Bonchev–Trinajstić information content (AvgIpc) is 2.77. The molecule has 0 aromatic heterocycles. The Kier molecular flexibility index (Phi) is 1.93. The van der Waals surface area contributed by atoms with E-state index in [2.05, 4.69) is 43.6 Å². The molecule has 0 amide bonds. The van der Waals surface area contributed by atoms with Crippen LogP contribution < -0.4 is 5.32 Å². The molecule has 1 aromatic rings. The molecule has 1 aromatic carbocycles. The maximum absolute atomic E-state index is 3.53. The highest BCUT2D eigenvalue weighted by Crippen LogP contribution is 2.60. The molecule has 3 unspecified atom stereocenters. The highest BCUT2D eigenvalue weighted by molar-refractivity contribution is 5.40. The van der Waals surface area contributed by atoms with Gasteiger partial charge in [0.2, 0.25) is 0 Å². The predicted molar refractivity (Wildman–Crippen MR) is 63.0 cm³/mol. The monoisotopic (exact) mass is 201 g/mol. The van der Waals surface area contributed by atoms with E-state index in [1.807, 2.05) is 0 Å². The van der Waals surface area contributed by atoms with Crippen LogP contribution in [0.5, 0.6) is 0 Å². The quantitative estimate of drug-likeness (QED) is 0.775. The van der Waals surface area contributed by atoms with Crippen molar-refractivity contribution in [2.24, 2.45) is 5.92 Å². The third-order valence-electron chi connectivity index (χ3n) is 4.65. The van der Waals surface area contributed by atoms with Crippen LogP contribution in [0.2, 0.25) is 0 Å². The zero-order chi connectivity index (χ0) is 10.5. The van der Waals surface area contributed by atoms with Crippen LogP contribution in [0.4, 0.5) is 0 Å². The fraction of sp³-hybridized carbons (Fsp3) is 0.571. The zero-order valence-electron chi connectivity index (χ0n) is 9.59. The summed E-state index contributed by atoms with van der Waals surface area (Å²) < 4.78 is 0. The topological polar surface area (TPSA) is 12.0 Å². The van der Waals surface area contributed by atoms with Crippen molar-refractivity contribution in [1.29, 1.82) is 0 Å². The van der Waals surface area contributed by atoms with Gasteiger partial charge in [0.1, 0.15) is 0 Å². The molecule has 0 radical (unpaired) electrons. The van der Waals surface area contributed by atoms with Crippen molar-refractivity contribution in [3.63, 3.8) is 0 Å². The van der Waals surface area contributed by atoms with Crippen molar-refractivity contribution in [2.45, 2.75) is 37.6 Å². The molecule has 3 atom stereocenters. The standard InChI is InChI=1S/C14H19N/c1-10-5-3-4-6-12(10)14-8-7-11(9-14)13(14)15-2/h3-6,11,13,15H,7-9H2,1-2H3. The summed E-state index contributed by atoms with van der Waals surface area (Å²) in [4.78, 5) is 0. The maximum atomic E-state index is 3.53. The van der Waals surface area contributed by atoms with Crippen LogP contribution in [0.25, 0.3) is 0 Å². The third kappa shape index (κ3) is 1.07. The molecule has 1 heteroatoms. The third-order valence-corrected chi connectivity index (χ3v) is 4.65. The van der Waals surface area contributed by atoms with Crippen molar-refractivity contribution in [3.05, 3.63) is 35.4 Å². The van der Waals surface area contributed by atoms with E-state index in [4.69, 9.17) is 0 Å². The van der Waals surface area contributed by atoms with E-state index in [-0.39, 0.29) is 0 Å². The number of hydrogen-bond donors (Lipinski definition) is 1. The van der Waals surface area contributed by atoms with Gasteiger partial charge in [0, 0.05) is 11.5 Å². The van der Waals surface area contributed by atoms with Crippen LogP contribution in [0.1, 0.15) is 30.4 Å². The Labute approximate surface area is 91.9 Å². The van der Waals surface area contributed by atoms with Gasteiger partial charge in [-0.25, -0.2) is 0 Å². The van der Waals surface area contributed by atoms with Crippen molar-refractivity contribution in [1.82, 2.24) is 5.32 Å². The van der Waals surface area contributed by atoms with E-state index in [0.29, 0.717) is 5.41 Å². The molecule has 3 aliphatic carbocycles. The lowest BCUT2D eigenvalue weighted by Gasteiger charge is -2.48. The lowest BCUT2D eigenvalue weighted by molar-refractivity contribution is 0.156. The SMILES string of the molecule is CNC1C2CCC1(c1ccccc1C)C2. The molecule has 0 saturated heterocycles. The molecule has 3 aliphatic rings. The summed E-state index contributed by atoms with van der Waals surface area (Å²) in [5.74, 6) is 0.939. The van der Waals surface area contributed by atoms with E-state index in [1.54, 1.807) is 5.56 Å². The van der Waals surface area contributed by atoms with E-state index >= 15 is 0 Å². The summed E-state index contributed by atoms with van der Waals surface area (Å²) >= 11 is 0. The molecule has 15 heavy (non-hydrogen) atoms. The Balaban J connectivity index is 2.04. The van der Waals surface area contributed by atoms with Crippen molar-refractivity contribution in [3.8, 4) is 0 Å². The van der Waals surface area contributed by atoms with Gasteiger partial charge in [-0.2, -0.15) is 0 Å². The van der Waals surface area contributed by atoms with E-state index in [0.717, 1.165) is 12.0 Å². The number of nitrogens with one attached hydrogen (secondary N) is 1. The second-order valence-corrected chi connectivity index (χ2v) is 5.24. The molecule has 4 rings (SSSR count). The van der Waals surface area contributed by atoms with Gasteiger partial charge >= 0.3 is 0 Å². The summed E-state index contributed by atoms with van der Waals surface area (Å²) in [6.07, 6.45) is 4.21. The Morgan fingerprint density at radius 3 is 2.80 bits per heavy atom. The maximum Gasteiger partial charge on any atom is 0.0190 e. The molecule has 3 saturated carbocycles. The van der Waals surface area contributed by atoms with Crippen molar-refractivity contribution >= 4 is 0 Å².